The first-order chi connectivity index (χ1) is 3.60. The molecule has 0 saturated carbocycles. The fraction of sp³-hybridized carbons (Fsp3) is 0.800. The van der Waals surface area contributed by atoms with Crippen molar-refractivity contribution in [2.24, 2.45) is 0 Å². The molecule has 1 aliphatic heterocycles. The van der Waals surface area contributed by atoms with Crippen LogP contribution in [0.5, 0.6) is 0 Å². The molecule has 1 aliphatic rings. The molecule has 2 nitrogen and oxygen atoms in total. The third-order valence-electron chi connectivity index (χ3n) is 1.07. The predicted molar refractivity (Wildman–Crippen MR) is 33.0 cm³/mol. The minimum Gasteiger partial charge on any atom is -0.464 e. The molecule has 1 saturated heterocycles. The third kappa shape index (κ3) is 1.15. The van der Waals surface area contributed by atoms with Gasteiger partial charge >= 0.3 is 5.97 Å². The predicted octanol–water partition coefficient (Wildman–Crippen LogP) is 0.622. The van der Waals surface area contributed by atoms with E-state index in [1.165, 1.54) is 0 Å². The Labute approximate surface area is 53.6 Å². The molecule has 0 aromatic rings. The van der Waals surface area contributed by atoms with Crippen molar-refractivity contribution >= 4 is 18.6 Å². The van der Waals surface area contributed by atoms with E-state index in [0.717, 1.165) is 0 Å². The lowest BCUT2D eigenvalue weighted by atomic mass is 10.1. The number of cyclic esters (lactones) is 1. The Hall–Kier alpha value is -0.180. The van der Waals surface area contributed by atoms with Gasteiger partial charge in [0.2, 0.25) is 0 Å². The Kier molecular flexibility index (Phi) is 1.23. The summed E-state index contributed by atoms with van der Waals surface area (Å²) in [6.07, 6.45) is 0.441. The summed E-state index contributed by atoms with van der Waals surface area (Å²) >= 11 is 4.16. The molecule has 0 aliphatic carbocycles. The molecule has 0 aromatic heterocycles. The van der Waals surface area contributed by atoms with E-state index in [0.29, 0.717) is 13.0 Å². The maximum Gasteiger partial charge on any atom is 0.307 e. The van der Waals surface area contributed by atoms with Crippen LogP contribution in [-0.2, 0) is 9.53 Å². The molecule has 0 amide bonds. The Morgan fingerprint density at radius 3 is 2.62 bits per heavy atom. The highest BCUT2D eigenvalue weighted by atomic mass is 32.1. The van der Waals surface area contributed by atoms with E-state index in [9.17, 15) is 4.79 Å². The van der Waals surface area contributed by atoms with E-state index in [-0.39, 0.29) is 10.7 Å². The molecular formula is C5H8O2S. The van der Waals surface area contributed by atoms with Crippen LogP contribution in [-0.4, -0.2) is 17.3 Å². The van der Waals surface area contributed by atoms with E-state index in [4.69, 9.17) is 0 Å². The Balaban J connectivity index is 2.56. The van der Waals surface area contributed by atoms with Gasteiger partial charge in [0.25, 0.3) is 0 Å². The molecule has 0 spiro atoms. The molecule has 46 valence electrons. The summed E-state index contributed by atoms with van der Waals surface area (Å²) in [5.74, 6) is -0.137. The van der Waals surface area contributed by atoms with Gasteiger partial charge in [-0.1, -0.05) is 0 Å². The summed E-state index contributed by atoms with van der Waals surface area (Å²) in [5, 5.41) is 0. The van der Waals surface area contributed by atoms with Gasteiger partial charge < -0.3 is 4.74 Å². The van der Waals surface area contributed by atoms with Crippen molar-refractivity contribution in [3.63, 3.8) is 0 Å². The number of rotatable bonds is 0. The minimum atomic E-state index is -0.211. The molecule has 0 bridgehead atoms. The number of hydrogen-bond acceptors (Lipinski definition) is 3. The average Bonchev–Trinajstić information content (AvgIpc) is 1.82. The van der Waals surface area contributed by atoms with Crippen molar-refractivity contribution in [3.8, 4) is 0 Å². The van der Waals surface area contributed by atoms with Gasteiger partial charge in [-0.25, -0.2) is 0 Å². The molecular weight excluding hydrogens is 124 g/mol. The van der Waals surface area contributed by atoms with Gasteiger partial charge in [-0.15, -0.1) is 0 Å². The van der Waals surface area contributed by atoms with E-state index in [2.05, 4.69) is 17.4 Å². The average molecular weight is 132 g/mol. The van der Waals surface area contributed by atoms with Gasteiger partial charge in [-0.05, 0) is 6.92 Å². The standard InChI is InChI=1S/C5H8O2S/c1-5(8)2-4(6)7-3-5/h8H,2-3H2,1H3. The monoisotopic (exact) mass is 132 g/mol. The van der Waals surface area contributed by atoms with Crippen LogP contribution in [0, 0.1) is 0 Å². The van der Waals surface area contributed by atoms with Crippen molar-refractivity contribution in [1.29, 1.82) is 0 Å². The summed E-state index contributed by atoms with van der Waals surface area (Å²) in [7, 11) is 0. The van der Waals surface area contributed by atoms with Crippen molar-refractivity contribution < 1.29 is 9.53 Å². The van der Waals surface area contributed by atoms with Crippen LogP contribution in [0.1, 0.15) is 13.3 Å². The lowest BCUT2D eigenvalue weighted by Gasteiger charge is -2.07. The largest absolute Gasteiger partial charge is 0.464 e. The minimum absolute atomic E-state index is 0.137. The Morgan fingerprint density at radius 1 is 1.88 bits per heavy atom. The van der Waals surface area contributed by atoms with Crippen LogP contribution >= 0.6 is 12.6 Å². The van der Waals surface area contributed by atoms with E-state index in [1.54, 1.807) is 0 Å². The highest BCUT2D eigenvalue weighted by Gasteiger charge is 2.31. The lowest BCUT2D eigenvalue weighted by molar-refractivity contribution is -0.137. The lowest BCUT2D eigenvalue weighted by Crippen LogP contribution is -2.14. The highest BCUT2D eigenvalue weighted by Crippen LogP contribution is 2.24. The Bertz CT molecular complexity index is 120. The molecule has 3 heteroatoms. The van der Waals surface area contributed by atoms with Crippen LogP contribution in [0.4, 0.5) is 0 Å². The van der Waals surface area contributed by atoms with Crippen molar-refractivity contribution in [3.05, 3.63) is 0 Å². The first-order valence-corrected chi connectivity index (χ1v) is 2.93. The zero-order valence-corrected chi connectivity index (χ0v) is 5.57. The highest BCUT2D eigenvalue weighted by molar-refractivity contribution is 7.81. The van der Waals surface area contributed by atoms with Gasteiger partial charge in [-0.3, -0.25) is 4.79 Å². The zero-order valence-electron chi connectivity index (χ0n) is 4.68. The summed E-state index contributed by atoms with van der Waals surface area (Å²) in [4.78, 5) is 10.4. The normalized spacial score (nSPS) is 37.5. The molecule has 0 radical (unpaired) electrons. The fourth-order valence-corrected chi connectivity index (χ4v) is 0.843. The Morgan fingerprint density at radius 2 is 2.50 bits per heavy atom. The molecule has 8 heavy (non-hydrogen) atoms. The number of esters is 1. The van der Waals surface area contributed by atoms with Crippen LogP contribution in [0.25, 0.3) is 0 Å². The molecule has 1 unspecified atom stereocenters. The van der Waals surface area contributed by atoms with E-state index in [1.807, 2.05) is 6.92 Å². The van der Waals surface area contributed by atoms with Crippen LogP contribution in [0.3, 0.4) is 0 Å². The maximum absolute atomic E-state index is 10.4. The zero-order chi connectivity index (χ0) is 6.20. The number of hydrogen-bond donors (Lipinski definition) is 1. The summed E-state index contributed by atoms with van der Waals surface area (Å²) in [6, 6.07) is 0. The van der Waals surface area contributed by atoms with E-state index >= 15 is 0 Å². The summed E-state index contributed by atoms with van der Waals surface area (Å²) in [6.45, 7) is 2.34. The quantitative estimate of drug-likeness (QED) is 0.386. The maximum atomic E-state index is 10.4. The second kappa shape index (κ2) is 1.65. The SMILES string of the molecule is CC1(S)COC(=O)C1. The van der Waals surface area contributed by atoms with Crippen LogP contribution < -0.4 is 0 Å². The van der Waals surface area contributed by atoms with Crippen molar-refractivity contribution in [2.75, 3.05) is 6.61 Å². The topological polar surface area (TPSA) is 26.3 Å². The second-order valence-corrected chi connectivity index (χ2v) is 3.41. The summed E-state index contributed by atoms with van der Waals surface area (Å²) < 4.78 is 4.44. The third-order valence-corrected chi connectivity index (χ3v) is 1.36. The van der Waals surface area contributed by atoms with Crippen molar-refractivity contribution in [1.82, 2.24) is 0 Å². The van der Waals surface area contributed by atoms with Gasteiger partial charge in [0, 0.05) is 0 Å². The molecule has 1 heterocycles. The molecule has 0 aromatic carbocycles. The van der Waals surface area contributed by atoms with Crippen LogP contribution in [0.2, 0.25) is 0 Å². The van der Waals surface area contributed by atoms with Gasteiger partial charge in [-0.2, -0.15) is 12.6 Å². The van der Waals surface area contributed by atoms with Gasteiger partial charge in [0.15, 0.2) is 0 Å². The van der Waals surface area contributed by atoms with Gasteiger partial charge in [0.05, 0.1) is 11.2 Å². The number of carbonyl (C=O) groups is 1. The number of ether oxygens (including phenoxy) is 1. The van der Waals surface area contributed by atoms with E-state index < -0.39 is 0 Å². The molecule has 1 rings (SSSR count). The number of carbonyl (C=O) groups excluding carboxylic acids is 1. The first kappa shape index (κ1) is 5.95. The molecule has 1 fully saturated rings. The smallest absolute Gasteiger partial charge is 0.307 e. The molecule has 0 N–H and O–H groups in total. The fourth-order valence-electron chi connectivity index (χ4n) is 0.649. The second-order valence-electron chi connectivity index (χ2n) is 2.33. The molecule has 1 atom stereocenters. The summed E-state index contributed by atoms with van der Waals surface area (Å²) in [5.41, 5.74) is 0. The van der Waals surface area contributed by atoms with Crippen molar-refractivity contribution in [2.45, 2.75) is 18.1 Å². The number of thiol groups is 1. The first-order valence-electron chi connectivity index (χ1n) is 2.48. The van der Waals surface area contributed by atoms with Crippen LogP contribution in [0.15, 0.2) is 0 Å². The van der Waals surface area contributed by atoms with Gasteiger partial charge in [0.1, 0.15) is 6.61 Å².